The standard InChI is InChI=1S/C18H23N3O3S/c1-12(2)17-10-16(18(22)19-14-6-4-5-13(3)9-14)20-21(17)15-7-8-25(23,24)11-15/h4-6,9-10,12,15H,7-8,11H2,1-3H3,(H,19,22)/t15-/m0/s1. The highest BCUT2D eigenvalue weighted by Crippen LogP contribution is 2.28. The molecule has 25 heavy (non-hydrogen) atoms. The second-order valence-corrected chi connectivity index (χ2v) is 9.16. The number of hydrogen-bond donors (Lipinski definition) is 1. The summed E-state index contributed by atoms with van der Waals surface area (Å²) in [6.07, 6.45) is 0.544. The van der Waals surface area contributed by atoms with E-state index in [9.17, 15) is 13.2 Å². The molecule has 0 saturated carbocycles. The number of nitrogens with one attached hydrogen (secondary N) is 1. The molecule has 0 unspecified atom stereocenters. The van der Waals surface area contributed by atoms with Crippen LogP contribution in [0.15, 0.2) is 30.3 Å². The van der Waals surface area contributed by atoms with E-state index in [1.54, 1.807) is 10.7 Å². The predicted molar refractivity (Wildman–Crippen MR) is 97.8 cm³/mol. The molecule has 0 radical (unpaired) electrons. The van der Waals surface area contributed by atoms with Crippen LogP contribution in [-0.4, -0.2) is 35.6 Å². The molecule has 0 spiro atoms. The number of carbonyl (C=O) groups excluding carboxylic acids is 1. The van der Waals surface area contributed by atoms with Gasteiger partial charge in [0.05, 0.1) is 17.5 Å². The molecule has 1 aromatic carbocycles. The maximum atomic E-state index is 12.6. The fourth-order valence-corrected chi connectivity index (χ4v) is 4.82. The second kappa shape index (κ2) is 6.63. The third-order valence-electron chi connectivity index (χ3n) is 4.42. The van der Waals surface area contributed by atoms with E-state index in [1.165, 1.54) is 0 Å². The van der Waals surface area contributed by atoms with Gasteiger partial charge in [-0.15, -0.1) is 0 Å². The van der Waals surface area contributed by atoms with Crippen molar-refractivity contribution in [3.05, 3.63) is 47.3 Å². The van der Waals surface area contributed by atoms with Crippen molar-refractivity contribution in [1.82, 2.24) is 9.78 Å². The van der Waals surface area contributed by atoms with Gasteiger partial charge in [0, 0.05) is 11.4 Å². The SMILES string of the molecule is Cc1cccc(NC(=O)c2cc(C(C)C)n([C@H]3CCS(=O)(=O)C3)n2)c1. The number of amides is 1. The molecule has 0 aliphatic carbocycles. The minimum absolute atomic E-state index is 0.0906. The molecule has 1 fully saturated rings. The Morgan fingerprint density at radius 2 is 2.08 bits per heavy atom. The number of anilines is 1. The van der Waals surface area contributed by atoms with Crippen LogP contribution in [0.25, 0.3) is 0 Å². The van der Waals surface area contributed by atoms with Gasteiger partial charge in [-0.3, -0.25) is 9.48 Å². The van der Waals surface area contributed by atoms with Gasteiger partial charge in [-0.2, -0.15) is 5.10 Å². The van der Waals surface area contributed by atoms with Crippen LogP contribution in [0.2, 0.25) is 0 Å². The van der Waals surface area contributed by atoms with Gasteiger partial charge >= 0.3 is 0 Å². The van der Waals surface area contributed by atoms with E-state index in [2.05, 4.69) is 10.4 Å². The fraction of sp³-hybridized carbons (Fsp3) is 0.444. The lowest BCUT2D eigenvalue weighted by atomic mass is 10.1. The van der Waals surface area contributed by atoms with Crippen molar-refractivity contribution >= 4 is 21.4 Å². The van der Waals surface area contributed by atoms with E-state index in [1.807, 2.05) is 45.0 Å². The first-order valence-electron chi connectivity index (χ1n) is 8.43. The number of sulfone groups is 1. The van der Waals surface area contributed by atoms with Crippen LogP contribution in [-0.2, 0) is 9.84 Å². The molecule has 1 N–H and O–H groups in total. The molecule has 1 aliphatic rings. The minimum atomic E-state index is -3.01. The minimum Gasteiger partial charge on any atom is -0.321 e. The van der Waals surface area contributed by atoms with Crippen LogP contribution in [0.5, 0.6) is 0 Å². The molecule has 2 heterocycles. The lowest BCUT2D eigenvalue weighted by Crippen LogP contribution is -2.17. The van der Waals surface area contributed by atoms with E-state index in [-0.39, 0.29) is 29.4 Å². The van der Waals surface area contributed by atoms with Gasteiger partial charge in [0.25, 0.3) is 5.91 Å². The number of hydrogen-bond acceptors (Lipinski definition) is 4. The average molecular weight is 361 g/mol. The van der Waals surface area contributed by atoms with Crippen molar-refractivity contribution in [2.24, 2.45) is 0 Å². The van der Waals surface area contributed by atoms with Gasteiger partial charge < -0.3 is 5.32 Å². The van der Waals surface area contributed by atoms with E-state index in [0.29, 0.717) is 17.8 Å². The number of nitrogens with zero attached hydrogens (tertiary/aromatic N) is 2. The molecule has 1 saturated heterocycles. The van der Waals surface area contributed by atoms with Gasteiger partial charge in [0.1, 0.15) is 0 Å². The molecule has 1 atom stereocenters. The van der Waals surface area contributed by atoms with Crippen LogP contribution < -0.4 is 5.32 Å². The zero-order chi connectivity index (χ0) is 18.2. The number of aromatic nitrogens is 2. The van der Waals surface area contributed by atoms with Crippen LogP contribution in [0.3, 0.4) is 0 Å². The highest BCUT2D eigenvalue weighted by molar-refractivity contribution is 7.91. The molecule has 1 amide bonds. The Bertz CT molecular complexity index is 900. The van der Waals surface area contributed by atoms with Gasteiger partial charge in [-0.25, -0.2) is 8.42 Å². The predicted octanol–water partition coefficient (Wildman–Crippen LogP) is 2.93. The summed E-state index contributed by atoms with van der Waals surface area (Å²) in [5, 5.41) is 7.29. The molecule has 0 bridgehead atoms. The maximum absolute atomic E-state index is 12.6. The van der Waals surface area contributed by atoms with Gasteiger partial charge in [-0.05, 0) is 43.0 Å². The van der Waals surface area contributed by atoms with Crippen molar-refractivity contribution in [2.45, 2.75) is 39.2 Å². The lowest BCUT2D eigenvalue weighted by Gasteiger charge is -2.15. The number of benzene rings is 1. The highest BCUT2D eigenvalue weighted by atomic mass is 32.2. The molecule has 7 heteroatoms. The summed E-state index contributed by atoms with van der Waals surface area (Å²) in [7, 11) is -3.01. The molecule has 134 valence electrons. The van der Waals surface area contributed by atoms with Crippen LogP contribution in [0.4, 0.5) is 5.69 Å². The fourth-order valence-electron chi connectivity index (χ4n) is 3.13. The van der Waals surface area contributed by atoms with Gasteiger partial charge in [-0.1, -0.05) is 26.0 Å². The zero-order valence-electron chi connectivity index (χ0n) is 14.7. The van der Waals surface area contributed by atoms with Gasteiger partial charge in [0.15, 0.2) is 15.5 Å². The van der Waals surface area contributed by atoms with E-state index < -0.39 is 9.84 Å². The van der Waals surface area contributed by atoms with Crippen LogP contribution >= 0.6 is 0 Å². The third-order valence-corrected chi connectivity index (χ3v) is 6.17. The third kappa shape index (κ3) is 3.92. The Hall–Kier alpha value is -2.15. The number of carbonyl (C=O) groups is 1. The monoisotopic (exact) mass is 361 g/mol. The van der Waals surface area contributed by atoms with Crippen molar-refractivity contribution in [1.29, 1.82) is 0 Å². The molecular weight excluding hydrogens is 338 g/mol. The summed E-state index contributed by atoms with van der Waals surface area (Å²) in [6, 6.07) is 9.13. The first-order valence-corrected chi connectivity index (χ1v) is 10.3. The highest BCUT2D eigenvalue weighted by Gasteiger charge is 2.32. The summed E-state index contributed by atoms with van der Waals surface area (Å²) >= 11 is 0. The maximum Gasteiger partial charge on any atom is 0.276 e. The molecule has 6 nitrogen and oxygen atoms in total. The Kier molecular flexibility index (Phi) is 4.69. The quantitative estimate of drug-likeness (QED) is 0.908. The van der Waals surface area contributed by atoms with Crippen LogP contribution in [0, 0.1) is 6.92 Å². The molecule has 1 aliphatic heterocycles. The van der Waals surface area contributed by atoms with Crippen molar-refractivity contribution < 1.29 is 13.2 Å². The van der Waals surface area contributed by atoms with Crippen molar-refractivity contribution in [3.8, 4) is 0 Å². The Morgan fingerprint density at radius 3 is 2.68 bits per heavy atom. The average Bonchev–Trinajstić information content (AvgIpc) is 3.10. The first kappa shape index (κ1) is 17.7. The van der Waals surface area contributed by atoms with Gasteiger partial charge in [0.2, 0.25) is 0 Å². The largest absolute Gasteiger partial charge is 0.321 e. The van der Waals surface area contributed by atoms with E-state index in [0.717, 1.165) is 11.3 Å². The number of aryl methyl sites for hydroxylation is 1. The Morgan fingerprint density at radius 1 is 1.32 bits per heavy atom. The van der Waals surface area contributed by atoms with Crippen molar-refractivity contribution in [3.63, 3.8) is 0 Å². The first-order chi connectivity index (χ1) is 11.7. The summed E-state index contributed by atoms with van der Waals surface area (Å²) < 4.78 is 25.3. The lowest BCUT2D eigenvalue weighted by molar-refractivity contribution is 0.102. The molecule has 2 aromatic rings. The Labute approximate surface area is 148 Å². The second-order valence-electron chi connectivity index (χ2n) is 6.93. The zero-order valence-corrected chi connectivity index (χ0v) is 15.5. The summed E-state index contributed by atoms with van der Waals surface area (Å²) in [4.78, 5) is 12.6. The molecule has 1 aromatic heterocycles. The van der Waals surface area contributed by atoms with Crippen molar-refractivity contribution in [2.75, 3.05) is 16.8 Å². The Balaban J connectivity index is 1.87. The molecule has 3 rings (SSSR count). The summed E-state index contributed by atoms with van der Waals surface area (Å²) in [5.74, 6) is 0.135. The summed E-state index contributed by atoms with van der Waals surface area (Å²) in [6.45, 7) is 5.99. The number of rotatable bonds is 4. The topological polar surface area (TPSA) is 81.1 Å². The normalized spacial score (nSPS) is 19.3. The van der Waals surface area contributed by atoms with Crippen LogP contribution in [0.1, 0.15) is 54.0 Å². The smallest absolute Gasteiger partial charge is 0.276 e. The van der Waals surface area contributed by atoms with E-state index in [4.69, 9.17) is 0 Å². The summed E-state index contributed by atoms with van der Waals surface area (Å²) in [5.41, 5.74) is 2.97. The van der Waals surface area contributed by atoms with E-state index >= 15 is 0 Å². The molecular formula is C18H23N3O3S.